The zero-order valence-electron chi connectivity index (χ0n) is 40.9. The van der Waals surface area contributed by atoms with Crippen molar-refractivity contribution in [3.8, 4) is 34.5 Å². The average molecular weight is 912 g/mol. The van der Waals surface area contributed by atoms with E-state index in [1.54, 1.807) is 12.3 Å². The van der Waals surface area contributed by atoms with Gasteiger partial charge in [-0.1, -0.05) is 108 Å². The summed E-state index contributed by atoms with van der Waals surface area (Å²) in [4.78, 5) is 19.5. The Morgan fingerprint density at radius 2 is 1.47 bits per heavy atom. The third-order valence-electron chi connectivity index (χ3n) is 15.8. The third-order valence-corrected chi connectivity index (χ3v) is 28.1. The Hall–Kier alpha value is -3.64. The lowest BCUT2D eigenvalue weighted by molar-refractivity contribution is 0.0644. The molecule has 3 aliphatic heterocycles. The predicted octanol–water partition coefficient (Wildman–Crippen LogP) is 13.0. The number of rotatable bonds is 14. The quantitative estimate of drug-likeness (QED) is 0.0989. The SMILES string of the molecule is CC(C)[Si](C#Cc1c(F)ccc2cc(O[Si](C(C)C)(C(C)C)C(C)C)cc(-c3ncc4c(N5CCCCCC5)nc(OC[C@@]56CCCN5[C@H](CO)CC6)nc4c3F)c12)(C(C)C)C(C)C. The molecule has 3 saturated heterocycles. The molecule has 3 aliphatic rings. The van der Waals surface area contributed by atoms with Crippen LogP contribution >= 0.6 is 0 Å². The van der Waals surface area contributed by atoms with Crippen molar-refractivity contribution in [2.75, 3.05) is 37.7 Å². The molecule has 0 unspecified atom stereocenters. The minimum Gasteiger partial charge on any atom is -0.543 e. The lowest BCUT2D eigenvalue weighted by atomic mass is 9.95. The second-order valence-electron chi connectivity index (χ2n) is 21.2. The number of pyridine rings is 1. The maximum absolute atomic E-state index is 18.1. The van der Waals surface area contributed by atoms with Crippen molar-refractivity contribution in [1.82, 2.24) is 19.9 Å². The van der Waals surface area contributed by atoms with Crippen molar-refractivity contribution >= 4 is 43.9 Å². The molecule has 8 nitrogen and oxygen atoms in total. The van der Waals surface area contributed by atoms with Crippen LogP contribution in [0.1, 0.15) is 140 Å². The molecule has 5 heterocycles. The smallest absolute Gasteiger partial charge is 0.319 e. The van der Waals surface area contributed by atoms with Crippen molar-refractivity contribution in [1.29, 1.82) is 0 Å². The summed E-state index contributed by atoms with van der Waals surface area (Å²) in [5.41, 5.74) is 6.34. The van der Waals surface area contributed by atoms with Crippen LogP contribution in [0.3, 0.4) is 0 Å². The number of aliphatic hydroxyl groups excluding tert-OH is 1. The van der Waals surface area contributed by atoms with Crippen LogP contribution in [0.5, 0.6) is 11.8 Å². The summed E-state index contributed by atoms with van der Waals surface area (Å²) in [6, 6.07) is 7.40. The molecule has 64 heavy (non-hydrogen) atoms. The van der Waals surface area contributed by atoms with Gasteiger partial charge in [-0.05, 0) is 102 Å². The summed E-state index contributed by atoms with van der Waals surface area (Å²) >= 11 is 0. The van der Waals surface area contributed by atoms with Crippen LogP contribution in [0, 0.1) is 23.1 Å². The second-order valence-corrected chi connectivity index (χ2v) is 32.1. The van der Waals surface area contributed by atoms with Gasteiger partial charge in [-0.2, -0.15) is 9.97 Å². The first-order valence-electron chi connectivity index (χ1n) is 24.5. The summed E-state index contributed by atoms with van der Waals surface area (Å²) in [5, 5.41) is 11.9. The van der Waals surface area contributed by atoms with Gasteiger partial charge in [-0.15, -0.1) is 5.54 Å². The highest BCUT2D eigenvalue weighted by Gasteiger charge is 2.50. The van der Waals surface area contributed by atoms with Gasteiger partial charge in [0.05, 0.1) is 23.1 Å². The third kappa shape index (κ3) is 8.61. The number of fused-ring (bicyclic) bond motifs is 3. The second kappa shape index (κ2) is 19.3. The number of anilines is 1. The molecule has 0 aliphatic carbocycles. The molecular formula is C52H75F2N5O3Si2. The Labute approximate surface area is 384 Å². The molecule has 1 N–H and O–H groups in total. The van der Waals surface area contributed by atoms with Crippen molar-refractivity contribution < 1.29 is 23.1 Å². The molecule has 0 spiro atoms. The first-order chi connectivity index (χ1) is 30.4. The molecule has 348 valence electrons. The summed E-state index contributed by atoms with van der Waals surface area (Å²) < 4.78 is 48.7. The summed E-state index contributed by atoms with van der Waals surface area (Å²) in [7, 11) is -4.78. The van der Waals surface area contributed by atoms with E-state index in [2.05, 4.69) is 104 Å². The Morgan fingerprint density at radius 1 is 0.812 bits per heavy atom. The molecule has 0 radical (unpaired) electrons. The van der Waals surface area contributed by atoms with Gasteiger partial charge in [0.1, 0.15) is 43.3 Å². The molecule has 2 aromatic heterocycles. The van der Waals surface area contributed by atoms with Crippen LogP contribution in [0.25, 0.3) is 32.9 Å². The van der Waals surface area contributed by atoms with E-state index in [-0.39, 0.29) is 41.0 Å². The fourth-order valence-corrected chi connectivity index (χ4v) is 23.2. The number of hydrogen-bond donors (Lipinski definition) is 1. The van der Waals surface area contributed by atoms with Gasteiger partial charge in [-0.3, -0.25) is 9.88 Å². The van der Waals surface area contributed by atoms with Crippen LogP contribution in [0.15, 0.2) is 30.5 Å². The van der Waals surface area contributed by atoms with Gasteiger partial charge in [-0.25, -0.2) is 8.78 Å². The topological polar surface area (TPSA) is 83.8 Å². The van der Waals surface area contributed by atoms with Crippen molar-refractivity contribution in [3.05, 3.63) is 47.7 Å². The summed E-state index contributed by atoms with van der Waals surface area (Å²) in [6.45, 7) is 30.0. The normalized spacial score (nSPS) is 20.1. The first kappa shape index (κ1) is 48.3. The van der Waals surface area contributed by atoms with E-state index < -0.39 is 28.0 Å². The van der Waals surface area contributed by atoms with Crippen LogP contribution < -0.4 is 14.1 Å². The van der Waals surface area contributed by atoms with Crippen LogP contribution in [-0.4, -0.2) is 85.8 Å². The van der Waals surface area contributed by atoms with Crippen LogP contribution in [0.4, 0.5) is 14.6 Å². The van der Waals surface area contributed by atoms with Crippen LogP contribution in [0.2, 0.25) is 33.2 Å². The van der Waals surface area contributed by atoms with E-state index in [4.69, 9.17) is 24.1 Å². The van der Waals surface area contributed by atoms with Crippen molar-refractivity contribution in [2.24, 2.45) is 0 Å². The number of nitrogens with zero attached hydrogens (tertiary/aromatic N) is 5. The van der Waals surface area contributed by atoms with Gasteiger partial charge < -0.3 is 19.2 Å². The number of aliphatic hydroxyl groups is 1. The van der Waals surface area contributed by atoms with E-state index in [1.165, 1.54) is 6.07 Å². The number of benzene rings is 2. The zero-order valence-corrected chi connectivity index (χ0v) is 42.9. The van der Waals surface area contributed by atoms with Gasteiger partial charge >= 0.3 is 6.01 Å². The zero-order chi connectivity index (χ0) is 46.3. The first-order valence-corrected chi connectivity index (χ1v) is 28.9. The molecule has 3 fully saturated rings. The largest absolute Gasteiger partial charge is 0.543 e. The monoisotopic (exact) mass is 912 g/mol. The molecular weight excluding hydrogens is 837 g/mol. The van der Waals surface area contributed by atoms with E-state index in [0.717, 1.165) is 76.4 Å². The summed E-state index contributed by atoms with van der Waals surface area (Å²) in [6.07, 6.45) is 9.80. The van der Waals surface area contributed by atoms with E-state index in [0.29, 0.717) is 67.8 Å². The fourth-order valence-electron chi connectivity index (χ4n) is 12.7. The van der Waals surface area contributed by atoms with E-state index >= 15 is 8.78 Å². The maximum Gasteiger partial charge on any atom is 0.319 e. The lowest BCUT2D eigenvalue weighted by Crippen LogP contribution is -2.50. The van der Waals surface area contributed by atoms with Gasteiger partial charge in [0.25, 0.3) is 8.32 Å². The highest BCUT2D eigenvalue weighted by atomic mass is 28.4. The van der Waals surface area contributed by atoms with Crippen molar-refractivity contribution in [3.63, 3.8) is 0 Å². The fraction of sp³-hybridized carbons (Fsp3) is 0.635. The molecule has 0 saturated carbocycles. The van der Waals surface area contributed by atoms with Gasteiger partial charge in [0.15, 0.2) is 5.82 Å². The highest BCUT2D eigenvalue weighted by Crippen LogP contribution is 2.47. The maximum atomic E-state index is 18.1. The van der Waals surface area contributed by atoms with Crippen molar-refractivity contribution in [2.45, 2.75) is 179 Å². The Morgan fingerprint density at radius 3 is 2.08 bits per heavy atom. The molecule has 2 aromatic carbocycles. The molecule has 0 bridgehead atoms. The predicted molar refractivity (Wildman–Crippen MR) is 265 cm³/mol. The minimum absolute atomic E-state index is 0.0659. The molecule has 4 aromatic rings. The number of hydrogen-bond acceptors (Lipinski definition) is 8. The lowest BCUT2D eigenvalue weighted by Gasteiger charge is -2.42. The Bertz CT molecular complexity index is 2330. The average Bonchev–Trinajstić information content (AvgIpc) is 3.69. The van der Waals surface area contributed by atoms with E-state index in [9.17, 15) is 5.11 Å². The van der Waals surface area contributed by atoms with Crippen LogP contribution in [-0.2, 0) is 0 Å². The number of halogens is 2. The molecule has 2 atom stereocenters. The van der Waals surface area contributed by atoms with Gasteiger partial charge in [0, 0.05) is 36.3 Å². The Balaban J connectivity index is 1.48. The summed E-state index contributed by atoms with van der Waals surface area (Å²) in [5.74, 6) is 3.65. The Kier molecular flexibility index (Phi) is 14.6. The standard InChI is InChI=1S/C52H75F2N5O3Si2/c1-33(2)63(34(3)4,35(5)6)27-21-42-45(53)19-18-39-28-41(62-64(36(7)8,37(9)10)38(11)12)29-43(46(39)42)48-47(54)49-44(30-55-48)50(58-24-15-13-14-16-25-58)57-51(56-49)61-32-52-22-17-26-59(52)40(31-60)20-23-52/h18-19,28-30,33-38,40,60H,13-17,20,22-26,31-32H2,1-12H3/t40-,52-/m0/s1. The van der Waals surface area contributed by atoms with E-state index in [1.807, 2.05) is 12.1 Å². The highest BCUT2D eigenvalue weighted by molar-refractivity contribution is 6.90. The number of ether oxygens (including phenoxy) is 1. The molecule has 0 amide bonds. The molecule has 12 heteroatoms. The molecule has 7 rings (SSSR count). The van der Waals surface area contributed by atoms with Gasteiger partial charge in [0.2, 0.25) is 0 Å². The number of aromatic nitrogens is 3. The minimum atomic E-state index is -2.49.